The normalized spacial score (nSPS) is 13.3. The quantitative estimate of drug-likeness (QED) is 0.0199. The molecule has 0 aliphatic carbocycles. The van der Waals surface area contributed by atoms with Gasteiger partial charge in [0.1, 0.15) is 49.0 Å². The first-order valence-corrected chi connectivity index (χ1v) is 43.8. The molecule has 17 N–H and O–H groups in total. The van der Waals surface area contributed by atoms with E-state index in [2.05, 4.69) is 58.0 Å². The molecule has 0 aromatic heterocycles. The van der Waals surface area contributed by atoms with E-state index < -0.39 is 89.8 Å². The zero-order valence-electron chi connectivity index (χ0n) is 67.0. The van der Waals surface area contributed by atoms with Gasteiger partial charge in [-0.3, -0.25) is 38.4 Å². The molecule has 0 heterocycles. The minimum Gasteiger partial charge on any atom is -0.462 e. The highest BCUT2D eigenvalue weighted by Gasteiger charge is 2.33. The third kappa shape index (κ3) is 59.8. The summed E-state index contributed by atoms with van der Waals surface area (Å²) in [6, 6.07) is -7.45. The van der Waals surface area contributed by atoms with Crippen LogP contribution in [0.15, 0.2) is 0 Å². The van der Waals surface area contributed by atoms with E-state index >= 15 is 0 Å². The molecular formula is C81H158N12O11S. The summed E-state index contributed by atoms with van der Waals surface area (Å²) in [5.41, 5.74) is 28.9. The Morgan fingerprint density at radius 1 is 0.314 bits per heavy atom. The summed E-state index contributed by atoms with van der Waals surface area (Å²) < 4.78 is 11.8. The van der Waals surface area contributed by atoms with E-state index in [1.807, 2.05) is 0 Å². The standard InChI is InChI=1S/C81H158N12O11S/c1-5-9-12-15-18-21-24-27-29-32-35-38-41-56-73(94)103-63-66(104-74(95)57-42-39-36-33-30-28-25-22-19-16-13-10-6-2)64-105-65-72(93-81(102)87-62-51-40-37-34-31-26-23-20-17-14-11-7-3)80(101)88-67(8-4)76(97)90-70(54-45-49-60-84)78(99)92-71(55-46-50-61-85)79(100)91-69(53-44-48-59-83)77(98)89-68(75(86)96)52-43-47-58-82/h66-72H,5-65,82-85H2,1-4H3,(H2,86,96)(H,88,101)(H,89,98)(H,90,97)(H,91,100)(H,92,99)(H2,87,93,102)/t66?,67-,68-,69-,70-,71-,72-/m0/s1. The molecule has 1 unspecified atom stereocenters. The van der Waals surface area contributed by atoms with Crippen molar-refractivity contribution in [3.05, 3.63) is 0 Å². The zero-order chi connectivity index (χ0) is 77.4. The van der Waals surface area contributed by atoms with Crippen LogP contribution in [0.1, 0.15) is 368 Å². The van der Waals surface area contributed by atoms with Gasteiger partial charge in [0.05, 0.1) is 0 Å². The molecular weight excluding hydrogens is 1350 g/mol. The van der Waals surface area contributed by atoms with Crippen LogP contribution in [0.4, 0.5) is 4.79 Å². The number of amides is 8. The molecule has 0 radical (unpaired) electrons. The monoisotopic (exact) mass is 1510 g/mol. The van der Waals surface area contributed by atoms with Gasteiger partial charge in [-0.1, -0.05) is 252 Å². The van der Waals surface area contributed by atoms with Crippen molar-refractivity contribution < 1.29 is 52.6 Å². The molecule has 105 heavy (non-hydrogen) atoms. The smallest absolute Gasteiger partial charge is 0.315 e. The van der Waals surface area contributed by atoms with Crippen molar-refractivity contribution in [2.45, 2.75) is 410 Å². The van der Waals surface area contributed by atoms with Crippen LogP contribution < -0.4 is 65.9 Å². The van der Waals surface area contributed by atoms with Crippen molar-refractivity contribution in [2.75, 3.05) is 50.8 Å². The molecule has 0 saturated heterocycles. The topological polar surface area (TPSA) is 386 Å². The van der Waals surface area contributed by atoms with Crippen molar-refractivity contribution in [1.82, 2.24) is 37.2 Å². The summed E-state index contributed by atoms with van der Waals surface area (Å²) in [7, 11) is 0. The van der Waals surface area contributed by atoms with Crippen LogP contribution in [0.2, 0.25) is 0 Å². The molecule has 614 valence electrons. The Bertz CT molecular complexity index is 2170. The lowest BCUT2D eigenvalue weighted by atomic mass is 10.0. The number of ether oxygens (including phenoxy) is 2. The van der Waals surface area contributed by atoms with Gasteiger partial charge in [0, 0.05) is 30.9 Å². The Morgan fingerprint density at radius 2 is 0.610 bits per heavy atom. The van der Waals surface area contributed by atoms with E-state index in [9.17, 15) is 43.2 Å². The van der Waals surface area contributed by atoms with Crippen LogP contribution in [-0.4, -0.2) is 147 Å². The summed E-state index contributed by atoms with van der Waals surface area (Å²) in [4.78, 5) is 125. The average Bonchev–Trinajstić information content (AvgIpc) is 0.865. The number of hydrogen-bond acceptors (Lipinski definition) is 16. The molecule has 24 heteroatoms. The van der Waals surface area contributed by atoms with Crippen molar-refractivity contribution in [2.24, 2.45) is 28.7 Å². The molecule has 23 nitrogen and oxygen atoms in total. The minimum absolute atomic E-state index is 0.0104. The molecule has 0 spiro atoms. The van der Waals surface area contributed by atoms with Gasteiger partial charge in [-0.25, -0.2) is 4.79 Å². The van der Waals surface area contributed by atoms with Gasteiger partial charge in [-0.2, -0.15) is 11.8 Å². The molecule has 0 aromatic rings. The predicted molar refractivity (Wildman–Crippen MR) is 431 cm³/mol. The van der Waals surface area contributed by atoms with E-state index in [1.165, 1.54) is 179 Å². The molecule has 0 aliphatic rings. The van der Waals surface area contributed by atoms with Crippen LogP contribution in [-0.2, 0) is 47.8 Å². The Balaban J connectivity index is 6.62. The summed E-state index contributed by atoms with van der Waals surface area (Å²) in [5, 5.41) is 19.7. The van der Waals surface area contributed by atoms with Crippen molar-refractivity contribution >= 4 is 65.2 Å². The van der Waals surface area contributed by atoms with Crippen LogP contribution in [0, 0.1) is 0 Å². The van der Waals surface area contributed by atoms with E-state index in [1.54, 1.807) is 6.92 Å². The number of carbonyl (C=O) groups excluding carboxylic acids is 9. The minimum atomic E-state index is -1.20. The number of esters is 2. The fourth-order valence-electron chi connectivity index (χ4n) is 12.8. The number of nitrogens with two attached hydrogens (primary N) is 5. The van der Waals surface area contributed by atoms with Gasteiger partial charge in [0.15, 0.2) is 0 Å². The SMILES string of the molecule is CCCCCCCCCCCCCCCC(=O)OCC(CSC[C@H](NC(=O)NCCCCCCCCCCCCCC)C(=O)N[C@@H](CC)C(=O)N[C@@H](CCCCN)C(=O)N[C@@H](CCCCN)C(=O)N[C@@H](CCCCN)C(=O)N[C@@H](CCCCN)C(N)=O)OC(=O)CCCCCCCCCCCCCCC. The zero-order valence-corrected chi connectivity index (χ0v) is 67.8. The maximum Gasteiger partial charge on any atom is 0.315 e. The average molecular weight is 1510 g/mol. The van der Waals surface area contributed by atoms with Crippen molar-refractivity contribution in [1.29, 1.82) is 0 Å². The summed E-state index contributed by atoms with van der Waals surface area (Å²) >= 11 is 1.24. The lowest BCUT2D eigenvalue weighted by Gasteiger charge is -2.27. The van der Waals surface area contributed by atoms with Gasteiger partial charge in [0.25, 0.3) is 0 Å². The Kier molecular flexibility index (Phi) is 70.0. The first kappa shape index (κ1) is 100. The Hall–Kier alpha value is -4.78. The Labute approximate surface area is 641 Å². The van der Waals surface area contributed by atoms with Gasteiger partial charge < -0.3 is 75.4 Å². The van der Waals surface area contributed by atoms with Crippen LogP contribution in [0.5, 0.6) is 0 Å². The number of urea groups is 1. The molecule has 7 atom stereocenters. The Morgan fingerprint density at radius 3 is 0.952 bits per heavy atom. The molecule has 8 amide bonds. The number of rotatable bonds is 77. The van der Waals surface area contributed by atoms with Crippen LogP contribution in [0.3, 0.4) is 0 Å². The number of carbonyl (C=O) groups is 9. The number of hydrogen-bond donors (Lipinski definition) is 12. The molecule has 0 aliphatic heterocycles. The highest BCUT2D eigenvalue weighted by Crippen LogP contribution is 2.19. The molecule has 0 fully saturated rings. The van der Waals surface area contributed by atoms with Gasteiger partial charge in [-0.05, 0) is 129 Å². The second kappa shape index (κ2) is 73.4. The number of unbranched alkanes of at least 4 members (excludes halogenated alkanes) is 39. The second-order valence-corrected chi connectivity index (χ2v) is 30.5. The molecule has 0 aromatic carbocycles. The molecule has 0 bridgehead atoms. The van der Waals surface area contributed by atoms with E-state index in [4.69, 9.17) is 38.1 Å². The fourth-order valence-corrected chi connectivity index (χ4v) is 13.9. The first-order valence-electron chi connectivity index (χ1n) is 42.6. The van der Waals surface area contributed by atoms with Crippen LogP contribution in [0.25, 0.3) is 0 Å². The fraction of sp³-hybridized carbons (Fsp3) is 0.889. The third-order valence-corrected chi connectivity index (χ3v) is 20.8. The first-order chi connectivity index (χ1) is 51.0. The summed E-state index contributed by atoms with van der Waals surface area (Å²) in [6.07, 6.45) is 49.0. The van der Waals surface area contributed by atoms with Crippen molar-refractivity contribution in [3.63, 3.8) is 0 Å². The highest BCUT2D eigenvalue weighted by molar-refractivity contribution is 7.99. The number of primary amides is 1. The predicted octanol–water partition coefficient (Wildman–Crippen LogP) is 13.3. The lowest BCUT2D eigenvalue weighted by Crippen LogP contribution is -2.60. The van der Waals surface area contributed by atoms with Gasteiger partial charge in [0.2, 0.25) is 35.4 Å². The third-order valence-electron chi connectivity index (χ3n) is 19.6. The number of nitrogens with one attached hydrogen (secondary N) is 7. The van der Waals surface area contributed by atoms with Gasteiger partial charge >= 0.3 is 18.0 Å². The largest absolute Gasteiger partial charge is 0.462 e. The van der Waals surface area contributed by atoms with E-state index in [0.29, 0.717) is 96.9 Å². The lowest BCUT2D eigenvalue weighted by molar-refractivity contribution is -0.157. The highest BCUT2D eigenvalue weighted by atomic mass is 32.2. The van der Waals surface area contributed by atoms with E-state index in [0.717, 1.165) is 64.2 Å². The molecule has 0 saturated carbocycles. The number of thioether (sulfide) groups is 1. The maximum atomic E-state index is 14.6. The van der Waals surface area contributed by atoms with Crippen molar-refractivity contribution in [3.8, 4) is 0 Å². The van der Waals surface area contributed by atoms with Gasteiger partial charge in [-0.15, -0.1) is 0 Å². The van der Waals surface area contributed by atoms with E-state index in [-0.39, 0.29) is 69.0 Å². The summed E-state index contributed by atoms with van der Waals surface area (Å²) in [5.74, 6) is -4.70. The molecule has 0 rings (SSSR count). The maximum absolute atomic E-state index is 14.6. The second-order valence-electron chi connectivity index (χ2n) is 29.4. The van der Waals surface area contributed by atoms with Crippen LogP contribution >= 0.6 is 11.8 Å². The summed E-state index contributed by atoms with van der Waals surface area (Å²) in [6.45, 7) is 10.00.